The maximum Gasteiger partial charge on any atom is 0.472 e. The molecule has 308 valence electrons. The molecule has 2 atom stereocenters. The summed E-state index contributed by atoms with van der Waals surface area (Å²) in [5, 5.41) is 8.79. The van der Waals surface area contributed by atoms with Crippen LogP contribution in [-0.2, 0) is 32.7 Å². The van der Waals surface area contributed by atoms with Crippen molar-refractivity contribution in [2.75, 3.05) is 54.1 Å². The van der Waals surface area contributed by atoms with Gasteiger partial charge in [0, 0.05) is 19.4 Å². The molecular weight excluding hydrogens is 693 g/mol. The topological polar surface area (TPSA) is 129 Å². The molecule has 0 aliphatic carbocycles. The van der Waals surface area contributed by atoms with Crippen molar-refractivity contribution in [3.8, 4) is 0 Å². The highest BCUT2D eigenvalue weighted by Gasteiger charge is 2.27. The SMILES string of the molecule is CCCCCCCCCCCCCC(=O)OCC(COP(=O)(O)OCC[N+](C)(C)C)OC(=O)CCC/C=C\C/C=C\C/C=C\C/C=C\CCCCCO. The fourth-order valence-electron chi connectivity index (χ4n) is 5.16. The minimum Gasteiger partial charge on any atom is -0.462 e. The van der Waals surface area contributed by atoms with E-state index in [0.29, 0.717) is 23.9 Å². The summed E-state index contributed by atoms with van der Waals surface area (Å²) in [5.74, 6) is -0.881. The van der Waals surface area contributed by atoms with E-state index >= 15 is 0 Å². The predicted octanol–water partition coefficient (Wildman–Crippen LogP) is 10.1. The number of rotatable bonds is 37. The summed E-state index contributed by atoms with van der Waals surface area (Å²) in [5.41, 5.74) is 0. The molecule has 0 amide bonds. The van der Waals surface area contributed by atoms with Crippen LogP contribution in [0.4, 0.5) is 0 Å². The Kier molecular flexibility index (Phi) is 34.2. The highest BCUT2D eigenvalue weighted by molar-refractivity contribution is 7.47. The van der Waals surface area contributed by atoms with E-state index in [-0.39, 0.29) is 32.7 Å². The van der Waals surface area contributed by atoms with Gasteiger partial charge in [-0.15, -0.1) is 0 Å². The van der Waals surface area contributed by atoms with Crippen LogP contribution in [0.3, 0.4) is 0 Å². The minimum absolute atomic E-state index is 0.0159. The van der Waals surface area contributed by atoms with E-state index in [0.717, 1.165) is 64.2 Å². The first-order valence-electron chi connectivity index (χ1n) is 20.5. The Balaban J connectivity index is 4.50. The average molecular weight is 771 g/mol. The molecule has 0 aromatic rings. The molecule has 0 heterocycles. The highest BCUT2D eigenvalue weighted by Crippen LogP contribution is 2.43. The zero-order valence-electron chi connectivity index (χ0n) is 33.9. The number of quaternary nitrogens is 1. The second-order valence-corrected chi connectivity index (χ2v) is 16.2. The summed E-state index contributed by atoms with van der Waals surface area (Å²) < 4.78 is 34.1. The van der Waals surface area contributed by atoms with Crippen LogP contribution in [0.5, 0.6) is 0 Å². The van der Waals surface area contributed by atoms with Crippen molar-refractivity contribution in [3.63, 3.8) is 0 Å². The molecule has 0 spiro atoms. The van der Waals surface area contributed by atoms with Gasteiger partial charge >= 0.3 is 19.8 Å². The summed E-state index contributed by atoms with van der Waals surface area (Å²) in [6, 6.07) is 0. The maximum absolute atomic E-state index is 12.6. The van der Waals surface area contributed by atoms with Gasteiger partial charge in [-0.3, -0.25) is 18.6 Å². The van der Waals surface area contributed by atoms with Crippen LogP contribution in [0.2, 0.25) is 0 Å². The Morgan fingerprint density at radius 3 is 1.66 bits per heavy atom. The molecule has 10 nitrogen and oxygen atoms in total. The molecule has 0 fully saturated rings. The summed E-state index contributed by atoms with van der Waals surface area (Å²) in [4.78, 5) is 35.2. The predicted molar refractivity (Wildman–Crippen MR) is 216 cm³/mol. The minimum atomic E-state index is -4.39. The molecule has 0 aromatic heterocycles. The van der Waals surface area contributed by atoms with Gasteiger partial charge in [0.05, 0.1) is 27.7 Å². The Labute approximate surface area is 323 Å². The number of ether oxygens (including phenoxy) is 2. The number of hydrogen-bond donors (Lipinski definition) is 2. The smallest absolute Gasteiger partial charge is 0.462 e. The second kappa shape index (κ2) is 35.6. The molecule has 0 aliphatic rings. The lowest BCUT2D eigenvalue weighted by Gasteiger charge is -2.24. The largest absolute Gasteiger partial charge is 0.472 e. The molecule has 2 unspecified atom stereocenters. The van der Waals surface area contributed by atoms with Crippen molar-refractivity contribution in [1.29, 1.82) is 0 Å². The quantitative estimate of drug-likeness (QED) is 0.0209. The Morgan fingerprint density at radius 2 is 1.11 bits per heavy atom. The molecule has 0 bridgehead atoms. The lowest BCUT2D eigenvalue weighted by atomic mass is 10.1. The summed E-state index contributed by atoms with van der Waals surface area (Å²) in [6.45, 7) is 2.33. The molecule has 0 aliphatic heterocycles. The van der Waals surface area contributed by atoms with Gasteiger partial charge in [0.1, 0.15) is 19.8 Å². The van der Waals surface area contributed by atoms with Crippen LogP contribution in [0, 0.1) is 0 Å². The molecule has 0 rings (SSSR count). The molecule has 0 radical (unpaired) electrons. The second-order valence-electron chi connectivity index (χ2n) is 14.7. The highest BCUT2D eigenvalue weighted by atomic mass is 31.2. The molecular formula is C42H77NO9P+. The number of phosphoric acid groups is 1. The number of likely N-dealkylation sites (N-methyl/N-ethyl adjacent to an activating group) is 1. The van der Waals surface area contributed by atoms with Crippen LogP contribution in [0.15, 0.2) is 48.6 Å². The Morgan fingerprint density at radius 1 is 0.623 bits per heavy atom. The fraction of sp³-hybridized carbons (Fsp3) is 0.762. The number of hydrogen-bond acceptors (Lipinski definition) is 8. The third-order valence-corrected chi connectivity index (χ3v) is 9.40. The third kappa shape index (κ3) is 39.4. The van der Waals surface area contributed by atoms with Crippen molar-refractivity contribution in [1.82, 2.24) is 0 Å². The molecule has 53 heavy (non-hydrogen) atoms. The normalized spacial score (nSPS) is 14.2. The number of esters is 2. The van der Waals surface area contributed by atoms with Gasteiger partial charge in [-0.05, 0) is 57.8 Å². The van der Waals surface area contributed by atoms with E-state index in [1.54, 1.807) is 0 Å². The number of phosphoric ester groups is 1. The first-order chi connectivity index (χ1) is 25.5. The van der Waals surface area contributed by atoms with E-state index in [1.165, 1.54) is 51.4 Å². The van der Waals surface area contributed by atoms with Crippen molar-refractivity contribution in [2.24, 2.45) is 0 Å². The number of nitrogens with zero attached hydrogens (tertiary/aromatic N) is 1. The number of aliphatic hydroxyl groups excluding tert-OH is 1. The zero-order valence-corrected chi connectivity index (χ0v) is 34.8. The lowest BCUT2D eigenvalue weighted by Crippen LogP contribution is -2.37. The van der Waals surface area contributed by atoms with Crippen molar-refractivity contribution >= 4 is 19.8 Å². The standard InChI is InChI=1S/C42H76NO9P/c1-5-6-7-8-9-10-18-21-24-27-30-33-41(45)49-38-40(39-51-53(47,48)50-37-35-43(2,3)4)52-42(46)34-31-28-25-22-19-16-14-12-11-13-15-17-20-23-26-29-32-36-44/h11,13-14,16-17,20,22,25,40,44H,5-10,12,15,18-19,21,23-24,26-39H2,1-4H3/p+1/b13-11-,16-14-,20-17-,25-22-. The van der Waals surface area contributed by atoms with E-state index in [9.17, 15) is 19.0 Å². The first-order valence-corrected chi connectivity index (χ1v) is 22.0. The fourth-order valence-corrected chi connectivity index (χ4v) is 5.90. The number of aliphatic hydroxyl groups is 1. The first kappa shape index (κ1) is 50.9. The maximum atomic E-state index is 12.6. The number of allylic oxidation sites excluding steroid dienone is 8. The summed E-state index contributed by atoms with van der Waals surface area (Å²) >= 11 is 0. The molecule has 0 saturated heterocycles. The van der Waals surface area contributed by atoms with Gasteiger partial charge in [-0.25, -0.2) is 4.57 Å². The van der Waals surface area contributed by atoms with E-state index < -0.39 is 32.5 Å². The number of unbranched alkanes of at least 4 members (excludes halogenated alkanes) is 14. The third-order valence-electron chi connectivity index (χ3n) is 8.42. The Hall–Kier alpha value is -2.07. The molecule has 0 aromatic carbocycles. The van der Waals surface area contributed by atoms with Crippen LogP contribution in [0.25, 0.3) is 0 Å². The monoisotopic (exact) mass is 771 g/mol. The Bertz CT molecular complexity index is 1050. The molecule has 11 heteroatoms. The van der Waals surface area contributed by atoms with Crippen LogP contribution in [0.1, 0.15) is 148 Å². The molecule has 0 saturated carbocycles. The van der Waals surface area contributed by atoms with Gasteiger partial charge in [-0.2, -0.15) is 0 Å². The zero-order chi connectivity index (χ0) is 39.3. The van der Waals surface area contributed by atoms with Crippen molar-refractivity contribution in [2.45, 2.75) is 154 Å². The number of carbonyl (C=O) groups is 2. The summed E-state index contributed by atoms with van der Waals surface area (Å²) in [7, 11) is 1.42. The van der Waals surface area contributed by atoms with Gasteiger partial charge < -0.3 is 24.0 Å². The average Bonchev–Trinajstić information content (AvgIpc) is 3.10. The van der Waals surface area contributed by atoms with Gasteiger partial charge in [0.2, 0.25) is 0 Å². The van der Waals surface area contributed by atoms with Gasteiger partial charge in [-0.1, -0.05) is 126 Å². The van der Waals surface area contributed by atoms with Crippen molar-refractivity contribution < 1.29 is 47.2 Å². The van der Waals surface area contributed by atoms with E-state index in [4.69, 9.17) is 23.6 Å². The number of carbonyl (C=O) groups excluding carboxylic acids is 2. The van der Waals surface area contributed by atoms with Crippen LogP contribution in [-0.4, -0.2) is 86.6 Å². The van der Waals surface area contributed by atoms with E-state index in [1.807, 2.05) is 27.2 Å². The van der Waals surface area contributed by atoms with Crippen LogP contribution < -0.4 is 0 Å². The van der Waals surface area contributed by atoms with E-state index in [2.05, 4.69) is 49.5 Å². The van der Waals surface area contributed by atoms with Gasteiger partial charge in [0.15, 0.2) is 6.10 Å². The van der Waals surface area contributed by atoms with Crippen molar-refractivity contribution in [3.05, 3.63) is 48.6 Å². The van der Waals surface area contributed by atoms with Gasteiger partial charge in [0.25, 0.3) is 0 Å². The summed E-state index contributed by atoms with van der Waals surface area (Å²) in [6.07, 6.45) is 37.5. The lowest BCUT2D eigenvalue weighted by molar-refractivity contribution is -0.870. The molecule has 2 N–H and O–H groups in total. The van der Waals surface area contributed by atoms with Crippen LogP contribution >= 0.6 is 7.82 Å².